The molecular weight excluding hydrogens is 528 g/mol. The first-order chi connectivity index (χ1) is 19.7. The van der Waals surface area contributed by atoms with E-state index in [9.17, 15) is 23.5 Å². The van der Waals surface area contributed by atoms with Crippen molar-refractivity contribution < 1.29 is 13.9 Å². The number of nitrogens with zero attached hydrogens (tertiary/aromatic N) is 4. The Balaban J connectivity index is 1.49. The van der Waals surface area contributed by atoms with Crippen molar-refractivity contribution >= 4 is 5.69 Å². The molecule has 4 aromatic rings. The average molecular weight is 562 g/mol. The number of hydrogen-bond donors (Lipinski definition) is 2. The molecule has 0 spiro atoms. The van der Waals surface area contributed by atoms with Crippen molar-refractivity contribution in [3.05, 3.63) is 128 Å². The number of nitrogens with two attached hydrogens (primary N) is 1. The minimum Gasteiger partial charge on any atom is -0.508 e. The van der Waals surface area contributed by atoms with Crippen molar-refractivity contribution in [3.63, 3.8) is 0 Å². The molecule has 3 N–H and O–H groups in total. The van der Waals surface area contributed by atoms with E-state index in [-0.39, 0.29) is 24.4 Å². The molecule has 1 aliphatic rings. The van der Waals surface area contributed by atoms with Crippen molar-refractivity contribution in [3.8, 4) is 5.75 Å². The van der Waals surface area contributed by atoms with E-state index in [1.165, 1.54) is 10.6 Å². The van der Waals surface area contributed by atoms with Crippen LogP contribution in [0, 0.1) is 18.6 Å². The fourth-order valence-corrected chi connectivity index (χ4v) is 5.33. The van der Waals surface area contributed by atoms with Crippen LogP contribution in [0.1, 0.15) is 28.4 Å². The van der Waals surface area contributed by atoms with Crippen LogP contribution in [0.2, 0.25) is 0 Å². The minimum absolute atomic E-state index is 0.0878. The second kappa shape index (κ2) is 12.1. The lowest BCUT2D eigenvalue weighted by Crippen LogP contribution is -2.51. The Morgan fingerprint density at radius 1 is 0.829 bits per heavy atom. The summed E-state index contributed by atoms with van der Waals surface area (Å²) in [4.78, 5) is 31.8. The molecule has 1 atom stereocenters. The lowest BCUT2D eigenvalue weighted by molar-refractivity contribution is 0.249. The van der Waals surface area contributed by atoms with Crippen molar-refractivity contribution in [1.29, 1.82) is 0 Å². The molecule has 1 fully saturated rings. The number of benzene rings is 3. The molecule has 0 radical (unpaired) electrons. The molecule has 41 heavy (non-hydrogen) atoms. The zero-order valence-corrected chi connectivity index (χ0v) is 22.8. The lowest BCUT2D eigenvalue weighted by Gasteiger charge is -2.37. The summed E-state index contributed by atoms with van der Waals surface area (Å²) in [5, 5.41) is 9.56. The predicted molar refractivity (Wildman–Crippen MR) is 154 cm³/mol. The van der Waals surface area contributed by atoms with Gasteiger partial charge in [0.1, 0.15) is 23.1 Å². The number of rotatable bonds is 8. The second-order valence-electron chi connectivity index (χ2n) is 10.4. The molecule has 8 nitrogen and oxygen atoms in total. The van der Waals surface area contributed by atoms with Crippen LogP contribution in [0.25, 0.3) is 0 Å². The van der Waals surface area contributed by atoms with E-state index >= 15 is 0 Å². The van der Waals surface area contributed by atoms with E-state index in [1.807, 2.05) is 47.4 Å². The van der Waals surface area contributed by atoms with E-state index in [1.54, 1.807) is 19.1 Å². The van der Waals surface area contributed by atoms with Gasteiger partial charge in [-0.15, -0.1) is 0 Å². The maximum absolute atomic E-state index is 14.6. The van der Waals surface area contributed by atoms with Crippen LogP contribution in [0.3, 0.4) is 0 Å². The Kier molecular flexibility index (Phi) is 8.32. The molecule has 214 valence electrons. The highest BCUT2D eigenvalue weighted by molar-refractivity contribution is 5.50. The Labute approximate surface area is 236 Å². The summed E-state index contributed by atoms with van der Waals surface area (Å²) in [6.45, 7) is 4.23. The Morgan fingerprint density at radius 3 is 2.10 bits per heavy atom. The third-order valence-corrected chi connectivity index (χ3v) is 7.67. The van der Waals surface area contributed by atoms with Crippen molar-refractivity contribution in [2.45, 2.75) is 32.6 Å². The topological polar surface area (TPSA) is 96.7 Å². The number of anilines is 1. The van der Waals surface area contributed by atoms with E-state index in [2.05, 4.69) is 4.90 Å². The smallest absolute Gasteiger partial charge is 0.331 e. The largest absolute Gasteiger partial charge is 0.508 e. The van der Waals surface area contributed by atoms with Gasteiger partial charge in [0.25, 0.3) is 5.56 Å². The first-order valence-electron chi connectivity index (χ1n) is 13.6. The van der Waals surface area contributed by atoms with Gasteiger partial charge >= 0.3 is 5.69 Å². The Morgan fingerprint density at radius 2 is 1.46 bits per heavy atom. The van der Waals surface area contributed by atoms with Crippen molar-refractivity contribution in [1.82, 2.24) is 14.0 Å². The monoisotopic (exact) mass is 561 g/mol. The molecule has 3 aromatic carbocycles. The van der Waals surface area contributed by atoms with Crippen LogP contribution in [0.5, 0.6) is 5.75 Å². The number of piperazine rings is 1. The molecule has 0 saturated carbocycles. The summed E-state index contributed by atoms with van der Waals surface area (Å²) >= 11 is 0. The van der Waals surface area contributed by atoms with Crippen molar-refractivity contribution in [2.24, 2.45) is 5.73 Å². The van der Waals surface area contributed by atoms with Gasteiger partial charge in [-0.25, -0.2) is 13.6 Å². The van der Waals surface area contributed by atoms with Gasteiger partial charge in [0, 0.05) is 50.0 Å². The van der Waals surface area contributed by atoms with Crippen molar-refractivity contribution in [2.75, 3.05) is 31.1 Å². The Hall–Kier alpha value is -4.28. The highest BCUT2D eigenvalue weighted by atomic mass is 19.1. The zero-order chi connectivity index (χ0) is 29.1. The molecular formula is C31H33F2N5O3. The van der Waals surface area contributed by atoms with Crippen LogP contribution in [-0.4, -0.2) is 45.3 Å². The Bertz CT molecular complexity index is 1610. The summed E-state index contributed by atoms with van der Waals surface area (Å²) in [7, 11) is 0. The third kappa shape index (κ3) is 6.08. The summed E-state index contributed by atoms with van der Waals surface area (Å²) < 4.78 is 31.6. The van der Waals surface area contributed by atoms with Crippen LogP contribution >= 0.6 is 0 Å². The maximum atomic E-state index is 14.6. The first kappa shape index (κ1) is 28.3. The number of hydrogen-bond acceptors (Lipinski definition) is 6. The van der Waals surface area contributed by atoms with Gasteiger partial charge in [0.2, 0.25) is 0 Å². The fraction of sp³-hybridized carbons (Fsp3) is 0.290. The molecule has 1 aromatic heterocycles. The summed E-state index contributed by atoms with van der Waals surface area (Å²) in [5.74, 6) is -1.32. The fourth-order valence-electron chi connectivity index (χ4n) is 5.33. The predicted octanol–water partition coefficient (Wildman–Crippen LogP) is 3.37. The number of phenolic OH excluding ortho intramolecular Hbond substituents is 1. The lowest BCUT2D eigenvalue weighted by atomic mass is 10.1. The van der Waals surface area contributed by atoms with E-state index in [0.717, 1.165) is 27.8 Å². The normalized spacial score (nSPS) is 14.8. The van der Waals surface area contributed by atoms with Gasteiger partial charge in [-0.05, 0) is 42.3 Å². The average Bonchev–Trinajstić information content (AvgIpc) is 2.97. The van der Waals surface area contributed by atoms with Crippen LogP contribution in [-0.2, 0) is 19.6 Å². The molecule has 0 amide bonds. The number of halogens is 2. The van der Waals surface area contributed by atoms with Crippen LogP contribution in [0.15, 0.2) is 82.4 Å². The number of aromatic nitrogens is 2. The second-order valence-corrected chi connectivity index (χ2v) is 10.4. The summed E-state index contributed by atoms with van der Waals surface area (Å²) in [6.07, 6.45) is 0. The van der Waals surface area contributed by atoms with E-state index in [0.29, 0.717) is 44.1 Å². The number of aromatic hydroxyl groups is 1. The third-order valence-electron chi connectivity index (χ3n) is 7.67. The highest BCUT2D eigenvalue weighted by Gasteiger charge is 2.26. The molecule has 1 saturated heterocycles. The van der Waals surface area contributed by atoms with Gasteiger partial charge in [0.05, 0.1) is 13.1 Å². The molecule has 0 aliphatic carbocycles. The van der Waals surface area contributed by atoms with Crippen LogP contribution < -0.4 is 21.9 Å². The zero-order valence-electron chi connectivity index (χ0n) is 22.8. The first-order valence-corrected chi connectivity index (χ1v) is 13.6. The van der Waals surface area contributed by atoms with Crippen LogP contribution in [0.4, 0.5) is 14.5 Å². The molecule has 0 unspecified atom stereocenters. The van der Waals surface area contributed by atoms with Gasteiger partial charge in [-0.2, -0.15) is 0 Å². The molecule has 1 aliphatic heterocycles. The maximum Gasteiger partial charge on any atom is 0.331 e. The summed E-state index contributed by atoms with van der Waals surface area (Å²) in [5.41, 5.74) is 7.51. The molecule has 10 heteroatoms. The van der Waals surface area contributed by atoms with Gasteiger partial charge < -0.3 is 15.7 Å². The minimum atomic E-state index is -0.764. The van der Waals surface area contributed by atoms with E-state index < -0.39 is 28.9 Å². The van der Waals surface area contributed by atoms with Gasteiger partial charge in [-0.1, -0.05) is 48.5 Å². The molecule has 0 bridgehead atoms. The van der Waals surface area contributed by atoms with E-state index in [4.69, 9.17) is 5.73 Å². The number of phenols is 1. The molecule has 5 rings (SSSR count). The highest BCUT2D eigenvalue weighted by Crippen LogP contribution is 2.21. The quantitative estimate of drug-likeness (QED) is 0.343. The van der Waals surface area contributed by atoms with Gasteiger partial charge in [-0.3, -0.25) is 18.8 Å². The molecule has 2 heterocycles. The SMILES string of the molecule is Cc1c(N2CCN(Cc3ccc(O)cc3)CC2)c(=O)n(C[C@H](N)c2ccccc2)c(=O)n1Cc1c(F)cccc1F. The summed E-state index contributed by atoms with van der Waals surface area (Å²) in [6, 6.07) is 19.1. The van der Waals surface area contributed by atoms with Gasteiger partial charge in [0.15, 0.2) is 0 Å². The standard InChI is InChI=1S/C31H33F2N5O3/c1-21-29(36-16-14-35(15-17-36)18-22-10-12-24(39)13-11-22)30(40)38(20-28(34)23-6-3-2-4-7-23)31(41)37(21)19-25-26(32)8-5-9-27(25)33/h2-13,28,39H,14-20,34H2,1H3/t28-/m0/s1.